The first-order valence-corrected chi connectivity index (χ1v) is 12.9. The van der Waals surface area contributed by atoms with Gasteiger partial charge in [0, 0.05) is 20.9 Å². The first-order chi connectivity index (χ1) is 15.5. The number of rotatable bonds is 7. The van der Waals surface area contributed by atoms with Crippen molar-refractivity contribution in [2.75, 3.05) is 11.9 Å². The fourth-order valence-electron chi connectivity index (χ4n) is 3.53. The molecule has 0 bridgehead atoms. The molecule has 0 saturated heterocycles. The molecule has 0 radical (unpaired) electrons. The summed E-state index contributed by atoms with van der Waals surface area (Å²) in [4.78, 5) is 31.5. The topological polar surface area (TPSA) is 92.1 Å². The molecule has 4 rings (SSSR count). The predicted octanol–water partition coefficient (Wildman–Crippen LogP) is 5.35. The van der Waals surface area contributed by atoms with Crippen LogP contribution >= 0.6 is 34.4 Å². The van der Waals surface area contributed by atoms with Crippen LogP contribution in [0, 0.1) is 18.3 Å². The van der Waals surface area contributed by atoms with Gasteiger partial charge in [0.25, 0.3) is 5.91 Å². The SMILES string of the molecule is Cc1nc(CSc2ccccc2C(=O)OCC(=O)Nc2sc3c(c2C#N)CCCC3)cs1. The highest BCUT2D eigenvalue weighted by atomic mass is 32.2. The van der Waals surface area contributed by atoms with Crippen molar-refractivity contribution in [3.8, 4) is 6.07 Å². The summed E-state index contributed by atoms with van der Waals surface area (Å²) in [6.45, 7) is 1.55. The molecule has 0 atom stereocenters. The van der Waals surface area contributed by atoms with Gasteiger partial charge in [-0.2, -0.15) is 5.26 Å². The van der Waals surface area contributed by atoms with Crippen LogP contribution in [0.4, 0.5) is 5.00 Å². The third kappa shape index (κ3) is 5.21. The number of nitriles is 1. The summed E-state index contributed by atoms with van der Waals surface area (Å²) in [7, 11) is 0. The monoisotopic (exact) mass is 483 g/mol. The summed E-state index contributed by atoms with van der Waals surface area (Å²) in [5, 5.41) is 15.8. The number of nitrogens with zero attached hydrogens (tertiary/aromatic N) is 2. The number of thioether (sulfide) groups is 1. The molecule has 1 amide bonds. The summed E-state index contributed by atoms with van der Waals surface area (Å²) in [5.41, 5.74) is 2.98. The molecule has 6 nitrogen and oxygen atoms in total. The Morgan fingerprint density at radius 3 is 2.88 bits per heavy atom. The molecule has 0 saturated carbocycles. The predicted molar refractivity (Wildman–Crippen MR) is 127 cm³/mol. The number of thiazole rings is 1. The number of carbonyl (C=O) groups excluding carboxylic acids is 2. The van der Waals surface area contributed by atoms with Gasteiger partial charge in [0.15, 0.2) is 6.61 Å². The zero-order valence-corrected chi connectivity index (χ0v) is 19.9. The number of aromatic nitrogens is 1. The number of fused-ring (bicyclic) bond motifs is 1. The van der Waals surface area contributed by atoms with Gasteiger partial charge in [0.05, 0.1) is 21.8 Å². The Morgan fingerprint density at radius 1 is 1.28 bits per heavy atom. The van der Waals surface area contributed by atoms with Crippen LogP contribution in [0.15, 0.2) is 34.5 Å². The van der Waals surface area contributed by atoms with Crippen molar-refractivity contribution in [1.82, 2.24) is 4.98 Å². The van der Waals surface area contributed by atoms with Crippen molar-refractivity contribution in [2.45, 2.75) is 43.3 Å². The van der Waals surface area contributed by atoms with Crippen molar-refractivity contribution in [3.05, 3.63) is 61.9 Å². The first kappa shape index (κ1) is 22.5. The maximum atomic E-state index is 12.6. The van der Waals surface area contributed by atoms with E-state index in [1.807, 2.05) is 24.4 Å². The minimum atomic E-state index is -0.552. The van der Waals surface area contributed by atoms with Crippen LogP contribution in [0.1, 0.15) is 49.9 Å². The number of thiophene rings is 1. The van der Waals surface area contributed by atoms with Crippen LogP contribution < -0.4 is 5.32 Å². The molecule has 1 aliphatic rings. The molecule has 32 heavy (non-hydrogen) atoms. The quantitative estimate of drug-likeness (QED) is 0.360. The summed E-state index contributed by atoms with van der Waals surface area (Å²) in [5.74, 6) is -0.352. The second-order valence-corrected chi connectivity index (χ2v) is 10.5. The molecule has 2 aromatic heterocycles. The lowest BCUT2D eigenvalue weighted by Crippen LogP contribution is -2.21. The van der Waals surface area contributed by atoms with Crippen LogP contribution in [-0.4, -0.2) is 23.5 Å². The van der Waals surface area contributed by atoms with Crippen molar-refractivity contribution < 1.29 is 14.3 Å². The average Bonchev–Trinajstić information content (AvgIpc) is 3.38. The minimum Gasteiger partial charge on any atom is -0.452 e. The molecule has 2 heterocycles. The normalized spacial score (nSPS) is 12.6. The number of ether oxygens (including phenoxy) is 1. The van der Waals surface area contributed by atoms with E-state index in [-0.39, 0.29) is 0 Å². The van der Waals surface area contributed by atoms with E-state index in [2.05, 4.69) is 16.4 Å². The fourth-order valence-corrected chi connectivity index (χ4v) is 6.44. The number of carbonyl (C=O) groups is 2. The van der Waals surface area contributed by atoms with Gasteiger partial charge >= 0.3 is 5.97 Å². The third-order valence-electron chi connectivity index (χ3n) is 5.02. The van der Waals surface area contributed by atoms with Crippen LogP contribution in [0.2, 0.25) is 0 Å². The summed E-state index contributed by atoms with van der Waals surface area (Å²) < 4.78 is 5.28. The minimum absolute atomic E-state index is 0.406. The van der Waals surface area contributed by atoms with Gasteiger partial charge in [-0.05, 0) is 50.3 Å². The lowest BCUT2D eigenvalue weighted by Gasteiger charge is -2.10. The van der Waals surface area contributed by atoms with E-state index in [0.29, 0.717) is 21.9 Å². The second-order valence-electron chi connectivity index (χ2n) is 7.29. The lowest BCUT2D eigenvalue weighted by molar-refractivity contribution is -0.119. The van der Waals surface area contributed by atoms with E-state index >= 15 is 0 Å². The van der Waals surface area contributed by atoms with Crippen molar-refractivity contribution in [3.63, 3.8) is 0 Å². The average molecular weight is 484 g/mol. The van der Waals surface area contributed by atoms with Crippen LogP contribution in [0.25, 0.3) is 0 Å². The molecular weight excluding hydrogens is 462 g/mol. The first-order valence-electron chi connectivity index (χ1n) is 10.2. The Hall–Kier alpha value is -2.67. The zero-order valence-electron chi connectivity index (χ0n) is 17.5. The molecule has 0 fully saturated rings. The smallest absolute Gasteiger partial charge is 0.339 e. The van der Waals surface area contributed by atoms with Crippen molar-refractivity contribution >= 4 is 51.3 Å². The van der Waals surface area contributed by atoms with Gasteiger partial charge in [0.1, 0.15) is 11.1 Å². The standard InChI is InChI=1S/C23H21N3O3S3/c1-14-25-15(12-30-14)13-31-19-8-4-3-7-17(19)23(28)29-11-21(27)26-22-18(10-24)16-6-2-5-9-20(16)32-22/h3-4,7-8,12H,2,5-6,9,11,13H2,1H3,(H,26,27). The Morgan fingerprint density at radius 2 is 2.09 bits per heavy atom. The molecule has 1 N–H and O–H groups in total. The molecule has 0 unspecified atom stereocenters. The van der Waals surface area contributed by atoms with Gasteiger partial charge in [-0.1, -0.05) is 12.1 Å². The molecule has 3 aromatic rings. The number of aryl methyl sites for hydroxylation is 2. The van der Waals surface area contributed by atoms with Gasteiger partial charge in [-0.25, -0.2) is 9.78 Å². The number of hydrogen-bond acceptors (Lipinski definition) is 8. The van der Waals surface area contributed by atoms with E-state index < -0.39 is 18.5 Å². The molecular formula is C23H21N3O3S3. The molecule has 1 aliphatic carbocycles. The number of esters is 1. The van der Waals surface area contributed by atoms with Crippen molar-refractivity contribution in [1.29, 1.82) is 5.26 Å². The van der Waals surface area contributed by atoms with Crippen molar-refractivity contribution in [2.24, 2.45) is 0 Å². The Balaban J connectivity index is 1.36. The highest BCUT2D eigenvalue weighted by Gasteiger charge is 2.22. The summed E-state index contributed by atoms with van der Waals surface area (Å²) in [6, 6.07) is 9.39. The highest BCUT2D eigenvalue weighted by Crippen LogP contribution is 2.37. The number of benzene rings is 1. The van der Waals surface area contributed by atoms with E-state index in [4.69, 9.17) is 4.74 Å². The maximum absolute atomic E-state index is 12.6. The van der Waals surface area contributed by atoms with Gasteiger partial charge in [0.2, 0.25) is 0 Å². The fraction of sp³-hybridized carbons (Fsp3) is 0.304. The molecule has 164 valence electrons. The highest BCUT2D eigenvalue weighted by molar-refractivity contribution is 7.98. The van der Waals surface area contributed by atoms with Gasteiger partial charge < -0.3 is 10.1 Å². The Bertz CT molecular complexity index is 1190. The Kier molecular flexibility index (Phi) is 7.25. The second kappa shape index (κ2) is 10.3. The largest absolute Gasteiger partial charge is 0.452 e. The van der Waals surface area contributed by atoms with Gasteiger partial charge in [-0.15, -0.1) is 34.4 Å². The van der Waals surface area contributed by atoms with E-state index in [1.165, 1.54) is 28.0 Å². The number of amides is 1. The van der Waals surface area contributed by atoms with Gasteiger partial charge in [-0.3, -0.25) is 4.79 Å². The zero-order chi connectivity index (χ0) is 22.5. The molecule has 0 spiro atoms. The lowest BCUT2D eigenvalue weighted by atomic mass is 9.96. The third-order valence-corrected chi connectivity index (χ3v) is 8.16. The number of nitrogens with one attached hydrogen (secondary N) is 1. The summed E-state index contributed by atoms with van der Waals surface area (Å²) in [6.07, 6.45) is 3.97. The summed E-state index contributed by atoms with van der Waals surface area (Å²) >= 11 is 4.55. The molecule has 0 aliphatic heterocycles. The molecule has 1 aromatic carbocycles. The number of anilines is 1. The van der Waals surface area contributed by atoms with Crippen LogP contribution in [0.3, 0.4) is 0 Å². The number of hydrogen-bond donors (Lipinski definition) is 1. The van der Waals surface area contributed by atoms with Crippen LogP contribution in [0.5, 0.6) is 0 Å². The van der Waals surface area contributed by atoms with E-state index in [0.717, 1.165) is 46.8 Å². The maximum Gasteiger partial charge on any atom is 0.339 e. The Labute approximate surface area is 198 Å². The molecule has 9 heteroatoms. The van der Waals surface area contributed by atoms with E-state index in [9.17, 15) is 14.9 Å². The van der Waals surface area contributed by atoms with E-state index in [1.54, 1.807) is 23.5 Å². The van der Waals surface area contributed by atoms with Crippen LogP contribution in [-0.2, 0) is 28.1 Å².